The number of carbonyl (C=O) groups is 2. The second-order valence-corrected chi connectivity index (χ2v) is 6.54. The second-order valence-electron chi connectivity index (χ2n) is 6.54. The molecule has 1 fully saturated rings. The highest BCUT2D eigenvalue weighted by Gasteiger charge is 2.24. The van der Waals surface area contributed by atoms with E-state index in [1.165, 1.54) is 11.1 Å². The van der Waals surface area contributed by atoms with Crippen molar-refractivity contribution in [1.29, 1.82) is 0 Å². The van der Waals surface area contributed by atoms with Gasteiger partial charge in [-0.1, -0.05) is 24.3 Å². The van der Waals surface area contributed by atoms with Gasteiger partial charge in [-0.3, -0.25) is 9.59 Å². The molecule has 2 amide bonds. The number of nitrogens with zero attached hydrogens (tertiary/aromatic N) is 1. The number of fused-ring (bicyclic) bond motifs is 1. The van der Waals surface area contributed by atoms with Crippen LogP contribution < -0.4 is 15.5 Å². The van der Waals surface area contributed by atoms with E-state index in [0.29, 0.717) is 26.1 Å². The Kier molecular flexibility index (Phi) is 4.69. The Hall–Kier alpha value is -2.70. The Morgan fingerprint density at radius 1 is 1.12 bits per heavy atom. The van der Waals surface area contributed by atoms with Crippen molar-refractivity contribution < 1.29 is 14.3 Å². The summed E-state index contributed by atoms with van der Waals surface area (Å²) in [6, 6.07) is 15.3. The molecule has 0 radical (unpaired) electrons. The van der Waals surface area contributed by atoms with Crippen LogP contribution in [0, 0.1) is 0 Å². The molecule has 0 saturated carbocycles. The zero-order chi connectivity index (χ0) is 17.9. The largest absolute Gasteiger partial charge is 0.370 e. The highest BCUT2D eigenvalue weighted by Crippen LogP contribution is 2.21. The van der Waals surface area contributed by atoms with Crippen molar-refractivity contribution in [1.82, 2.24) is 5.32 Å². The van der Waals surface area contributed by atoms with Gasteiger partial charge in [-0.15, -0.1) is 0 Å². The summed E-state index contributed by atoms with van der Waals surface area (Å²) >= 11 is 0. The van der Waals surface area contributed by atoms with Gasteiger partial charge in [-0.2, -0.15) is 0 Å². The minimum atomic E-state index is -0.245. The van der Waals surface area contributed by atoms with Crippen molar-refractivity contribution in [2.75, 3.05) is 30.0 Å². The molecule has 2 aliphatic rings. The summed E-state index contributed by atoms with van der Waals surface area (Å²) in [5.74, 6) is -0.0900. The lowest BCUT2D eigenvalue weighted by molar-refractivity contribution is -0.125. The van der Waals surface area contributed by atoms with Crippen LogP contribution in [-0.4, -0.2) is 37.6 Å². The third kappa shape index (κ3) is 3.47. The fourth-order valence-corrected chi connectivity index (χ4v) is 3.38. The first kappa shape index (κ1) is 16.8. The number of rotatable bonds is 3. The molecule has 26 heavy (non-hydrogen) atoms. The Balaban J connectivity index is 1.40. The monoisotopic (exact) mass is 351 g/mol. The lowest BCUT2D eigenvalue weighted by Crippen LogP contribution is -2.44. The van der Waals surface area contributed by atoms with Crippen LogP contribution in [-0.2, 0) is 27.3 Å². The molecule has 4 rings (SSSR count). The van der Waals surface area contributed by atoms with E-state index >= 15 is 0 Å². The first-order valence-corrected chi connectivity index (χ1v) is 8.80. The van der Waals surface area contributed by atoms with E-state index in [0.717, 1.165) is 11.4 Å². The van der Waals surface area contributed by atoms with Crippen LogP contribution in [0.1, 0.15) is 11.1 Å². The molecule has 0 unspecified atom stereocenters. The number of ether oxygens (including phenoxy) is 1. The molecule has 0 bridgehead atoms. The summed E-state index contributed by atoms with van der Waals surface area (Å²) in [5, 5.41) is 6.24. The molecule has 2 aromatic rings. The Morgan fingerprint density at radius 2 is 1.88 bits per heavy atom. The molecule has 0 aromatic heterocycles. The summed E-state index contributed by atoms with van der Waals surface area (Å²) in [7, 11) is 0. The number of hydrogen-bond donors (Lipinski definition) is 2. The van der Waals surface area contributed by atoms with Crippen LogP contribution in [0.25, 0.3) is 0 Å². The molecule has 2 aromatic carbocycles. The summed E-state index contributed by atoms with van der Waals surface area (Å²) in [6.45, 7) is 1.91. The van der Waals surface area contributed by atoms with E-state index in [-0.39, 0.29) is 24.5 Å². The first-order valence-electron chi connectivity index (χ1n) is 8.80. The SMILES string of the molecule is O=C(Nc1ccc(N2CCOCC2=O)cc1)[C@H]1Cc2ccccc2CN1. The van der Waals surface area contributed by atoms with Gasteiger partial charge in [-0.25, -0.2) is 0 Å². The standard InChI is InChI=1S/C20H21N3O3/c24-19-13-26-10-9-23(19)17-7-5-16(6-8-17)22-20(25)18-11-14-3-1-2-4-15(14)12-21-18/h1-8,18,21H,9-13H2,(H,22,25)/t18-/m1/s1. The first-order chi connectivity index (χ1) is 12.7. The average molecular weight is 351 g/mol. The normalized spacial score (nSPS) is 19.8. The smallest absolute Gasteiger partial charge is 0.253 e. The van der Waals surface area contributed by atoms with E-state index in [2.05, 4.69) is 22.8 Å². The molecule has 2 aliphatic heterocycles. The number of hydrogen-bond acceptors (Lipinski definition) is 4. The quantitative estimate of drug-likeness (QED) is 0.883. The summed E-state index contributed by atoms with van der Waals surface area (Å²) in [4.78, 5) is 26.2. The number of nitrogens with one attached hydrogen (secondary N) is 2. The molecule has 0 spiro atoms. The topological polar surface area (TPSA) is 70.7 Å². The zero-order valence-electron chi connectivity index (χ0n) is 14.4. The van der Waals surface area contributed by atoms with Gasteiger partial charge in [-0.05, 0) is 41.8 Å². The number of amides is 2. The number of anilines is 2. The average Bonchev–Trinajstić information content (AvgIpc) is 2.69. The zero-order valence-corrected chi connectivity index (χ0v) is 14.4. The lowest BCUT2D eigenvalue weighted by atomic mass is 9.95. The van der Waals surface area contributed by atoms with Gasteiger partial charge < -0.3 is 20.3 Å². The molecule has 2 heterocycles. The molecular weight excluding hydrogens is 330 g/mol. The van der Waals surface area contributed by atoms with Gasteiger partial charge >= 0.3 is 0 Å². The molecule has 6 nitrogen and oxygen atoms in total. The van der Waals surface area contributed by atoms with Crippen LogP contribution in [0.15, 0.2) is 48.5 Å². The van der Waals surface area contributed by atoms with Crippen molar-refractivity contribution in [3.8, 4) is 0 Å². The van der Waals surface area contributed by atoms with E-state index in [4.69, 9.17) is 4.74 Å². The lowest BCUT2D eigenvalue weighted by Gasteiger charge is -2.27. The van der Waals surface area contributed by atoms with Gasteiger partial charge in [0.1, 0.15) is 6.61 Å². The van der Waals surface area contributed by atoms with Crippen molar-refractivity contribution in [2.45, 2.75) is 19.0 Å². The highest BCUT2D eigenvalue weighted by molar-refractivity contribution is 5.97. The minimum Gasteiger partial charge on any atom is -0.370 e. The van der Waals surface area contributed by atoms with Crippen molar-refractivity contribution in [3.63, 3.8) is 0 Å². The Morgan fingerprint density at radius 3 is 2.65 bits per heavy atom. The molecule has 6 heteroatoms. The van der Waals surface area contributed by atoms with E-state index in [1.54, 1.807) is 4.90 Å². The van der Waals surface area contributed by atoms with Gasteiger partial charge in [0.15, 0.2) is 0 Å². The molecule has 1 atom stereocenters. The number of carbonyl (C=O) groups excluding carboxylic acids is 2. The molecule has 2 N–H and O–H groups in total. The van der Waals surface area contributed by atoms with Gasteiger partial charge in [0.25, 0.3) is 5.91 Å². The van der Waals surface area contributed by atoms with Crippen LogP contribution in [0.2, 0.25) is 0 Å². The third-order valence-corrected chi connectivity index (χ3v) is 4.83. The van der Waals surface area contributed by atoms with Crippen molar-refractivity contribution >= 4 is 23.2 Å². The van der Waals surface area contributed by atoms with Crippen LogP contribution in [0.4, 0.5) is 11.4 Å². The molecular formula is C20H21N3O3. The van der Waals surface area contributed by atoms with Gasteiger partial charge in [0, 0.05) is 24.5 Å². The van der Waals surface area contributed by atoms with E-state index < -0.39 is 0 Å². The molecule has 1 saturated heterocycles. The summed E-state index contributed by atoms with van der Waals surface area (Å²) in [5.41, 5.74) is 4.00. The Bertz CT molecular complexity index is 819. The Labute approximate surface area is 152 Å². The van der Waals surface area contributed by atoms with E-state index in [9.17, 15) is 9.59 Å². The predicted octanol–water partition coefficient (Wildman–Crippen LogP) is 1.70. The highest BCUT2D eigenvalue weighted by atomic mass is 16.5. The van der Waals surface area contributed by atoms with Crippen LogP contribution in [0.5, 0.6) is 0 Å². The summed E-state index contributed by atoms with van der Waals surface area (Å²) < 4.78 is 5.15. The predicted molar refractivity (Wildman–Crippen MR) is 99.0 cm³/mol. The van der Waals surface area contributed by atoms with Crippen LogP contribution in [0.3, 0.4) is 0 Å². The summed E-state index contributed by atoms with van der Waals surface area (Å²) in [6.07, 6.45) is 0.683. The van der Waals surface area contributed by atoms with Crippen molar-refractivity contribution in [2.24, 2.45) is 0 Å². The molecule has 134 valence electrons. The second kappa shape index (κ2) is 7.27. The van der Waals surface area contributed by atoms with Gasteiger partial charge in [0.2, 0.25) is 5.91 Å². The minimum absolute atomic E-state index is 0.0434. The van der Waals surface area contributed by atoms with Gasteiger partial charge in [0.05, 0.1) is 12.6 Å². The molecule has 0 aliphatic carbocycles. The van der Waals surface area contributed by atoms with Crippen molar-refractivity contribution in [3.05, 3.63) is 59.7 Å². The fraction of sp³-hybridized carbons (Fsp3) is 0.300. The number of morpholine rings is 1. The maximum atomic E-state index is 12.6. The maximum absolute atomic E-state index is 12.6. The fourth-order valence-electron chi connectivity index (χ4n) is 3.38. The third-order valence-electron chi connectivity index (χ3n) is 4.83. The number of benzene rings is 2. The van der Waals surface area contributed by atoms with E-state index in [1.807, 2.05) is 36.4 Å². The maximum Gasteiger partial charge on any atom is 0.253 e. The van der Waals surface area contributed by atoms with Crippen LogP contribution >= 0.6 is 0 Å².